The number of hydrogen-bond acceptors (Lipinski definition) is 5. The monoisotopic (exact) mass is 326 g/mol. The SMILES string of the molecule is CN(c1nc2cc(CO)ccc2o1)c1nc2cc(F)ccc2n1C. The Hall–Kier alpha value is -2.93. The lowest BCUT2D eigenvalue weighted by molar-refractivity contribution is 0.282. The van der Waals surface area contributed by atoms with E-state index in [1.54, 1.807) is 36.2 Å². The number of aromatic nitrogens is 3. The summed E-state index contributed by atoms with van der Waals surface area (Å²) in [6.45, 7) is -0.0513. The molecule has 0 aliphatic carbocycles. The van der Waals surface area contributed by atoms with Crippen LogP contribution in [0.4, 0.5) is 16.4 Å². The van der Waals surface area contributed by atoms with E-state index in [2.05, 4.69) is 9.97 Å². The first-order valence-electron chi connectivity index (χ1n) is 7.43. The minimum absolute atomic E-state index is 0.0513. The number of imidazole rings is 1. The summed E-state index contributed by atoms with van der Waals surface area (Å²) in [5.41, 5.74) is 3.44. The van der Waals surface area contributed by atoms with Gasteiger partial charge in [-0.05, 0) is 29.8 Å². The number of nitrogens with zero attached hydrogens (tertiary/aromatic N) is 4. The van der Waals surface area contributed by atoms with Crippen LogP contribution in [0.15, 0.2) is 40.8 Å². The summed E-state index contributed by atoms with van der Waals surface area (Å²) in [6.07, 6.45) is 0. The number of rotatable bonds is 3. The van der Waals surface area contributed by atoms with Crippen molar-refractivity contribution < 1.29 is 13.9 Å². The Morgan fingerprint density at radius 2 is 2.00 bits per heavy atom. The molecular weight excluding hydrogens is 311 g/mol. The molecule has 2 heterocycles. The minimum atomic E-state index is -0.326. The highest BCUT2D eigenvalue weighted by molar-refractivity contribution is 5.80. The molecule has 2 aromatic carbocycles. The summed E-state index contributed by atoms with van der Waals surface area (Å²) in [5.74, 6) is 0.262. The summed E-state index contributed by atoms with van der Waals surface area (Å²) in [6, 6.07) is 10.2. The lowest BCUT2D eigenvalue weighted by atomic mass is 10.2. The summed E-state index contributed by atoms with van der Waals surface area (Å²) < 4.78 is 21.0. The van der Waals surface area contributed by atoms with Gasteiger partial charge in [-0.1, -0.05) is 6.07 Å². The summed E-state index contributed by atoms with van der Waals surface area (Å²) in [5, 5.41) is 9.22. The quantitative estimate of drug-likeness (QED) is 0.626. The highest BCUT2D eigenvalue weighted by Crippen LogP contribution is 2.29. The maximum atomic E-state index is 13.4. The van der Waals surface area contributed by atoms with Crippen molar-refractivity contribution in [1.82, 2.24) is 14.5 Å². The first-order chi connectivity index (χ1) is 11.6. The lowest BCUT2D eigenvalue weighted by Crippen LogP contribution is -2.14. The van der Waals surface area contributed by atoms with Crippen molar-refractivity contribution in [2.45, 2.75) is 6.61 Å². The molecule has 6 nitrogen and oxygen atoms in total. The van der Waals surface area contributed by atoms with Crippen LogP contribution < -0.4 is 4.90 Å². The van der Waals surface area contributed by atoms with E-state index >= 15 is 0 Å². The average molecular weight is 326 g/mol. The molecule has 4 aromatic rings. The fraction of sp³-hybridized carbons (Fsp3) is 0.176. The van der Waals surface area contributed by atoms with Crippen molar-refractivity contribution in [3.63, 3.8) is 0 Å². The summed E-state index contributed by atoms with van der Waals surface area (Å²) in [7, 11) is 3.64. The first kappa shape index (κ1) is 14.6. The Balaban J connectivity index is 1.80. The van der Waals surface area contributed by atoms with Gasteiger partial charge in [-0.3, -0.25) is 4.90 Å². The molecule has 7 heteroatoms. The van der Waals surface area contributed by atoms with Gasteiger partial charge in [-0.25, -0.2) is 9.37 Å². The predicted molar refractivity (Wildman–Crippen MR) is 88.7 cm³/mol. The van der Waals surface area contributed by atoms with Crippen molar-refractivity contribution in [3.05, 3.63) is 47.8 Å². The smallest absolute Gasteiger partial charge is 0.305 e. The van der Waals surface area contributed by atoms with E-state index < -0.39 is 0 Å². The minimum Gasteiger partial charge on any atom is -0.423 e. The molecule has 0 aliphatic heterocycles. The molecule has 1 N–H and O–H groups in total. The van der Waals surface area contributed by atoms with Crippen molar-refractivity contribution in [3.8, 4) is 0 Å². The van der Waals surface area contributed by atoms with Crippen LogP contribution in [0.3, 0.4) is 0 Å². The van der Waals surface area contributed by atoms with E-state index in [1.165, 1.54) is 12.1 Å². The Morgan fingerprint density at radius 1 is 1.17 bits per heavy atom. The van der Waals surface area contributed by atoms with Crippen LogP contribution in [-0.4, -0.2) is 26.7 Å². The Morgan fingerprint density at radius 3 is 2.79 bits per heavy atom. The standard InChI is InChI=1S/C17H15FN4O2/c1-21-14-5-4-11(18)8-12(14)19-16(21)22(2)17-20-13-7-10(9-23)3-6-15(13)24-17/h3-8,23H,9H2,1-2H3. The van der Waals surface area contributed by atoms with Gasteiger partial charge in [0.2, 0.25) is 5.95 Å². The molecule has 0 aliphatic rings. The lowest BCUT2D eigenvalue weighted by Gasteiger charge is -2.13. The molecule has 0 radical (unpaired) electrons. The summed E-state index contributed by atoms with van der Waals surface area (Å²) in [4.78, 5) is 10.6. The van der Waals surface area contributed by atoms with E-state index in [0.29, 0.717) is 28.6 Å². The molecule has 4 rings (SSSR count). The number of anilines is 2. The zero-order valence-electron chi connectivity index (χ0n) is 13.2. The van der Waals surface area contributed by atoms with Crippen LogP contribution in [0, 0.1) is 5.82 Å². The number of halogens is 1. The second kappa shape index (κ2) is 5.31. The van der Waals surface area contributed by atoms with Crippen LogP contribution in [0.1, 0.15) is 5.56 Å². The Bertz CT molecular complexity index is 1050. The van der Waals surface area contributed by atoms with Gasteiger partial charge >= 0.3 is 6.01 Å². The van der Waals surface area contributed by atoms with E-state index in [-0.39, 0.29) is 12.4 Å². The molecule has 24 heavy (non-hydrogen) atoms. The number of aliphatic hydroxyl groups is 1. The van der Waals surface area contributed by atoms with Gasteiger partial charge in [0.05, 0.1) is 17.6 Å². The van der Waals surface area contributed by atoms with Crippen molar-refractivity contribution in [2.75, 3.05) is 11.9 Å². The van der Waals surface area contributed by atoms with Crippen LogP contribution in [0.5, 0.6) is 0 Å². The van der Waals surface area contributed by atoms with E-state index in [0.717, 1.165) is 11.1 Å². The zero-order valence-corrected chi connectivity index (χ0v) is 13.2. The van der Waals surface area contributed by atoms with Gasteiger partial charge in [0, 0.05) is 20.2 Å². The highest BCUT2D eigenvalue weighted by atomic mass is 19.1. The van der Waals surface area contributed by atoms with E-state index in [9.17, 15) is 9.50 Å². The highest BCUT2D eigenvalue weighted by Gasteiger charge is 2.18. The van der Waals surface area contributed by atoms with Crippen molar-refractivity contribution >= 4 is 34.1 Å². The summed E-state index contributed by atoms with van der Waals surface area (Å²) >= 11 is 0. The molecule has 0 saturated heterocycles. The second-order valence-corrected chi connectivity index (χ2v) is 5.62. The van der Waals surface area contributed by atoms with Crippen LogP contribution in [0.2, 0.25) is 0 Å². The third-order valence-electron chi connectivity index (χ3n) is 4.03. The van der Waals surface area contributed by atoms with Crippen LogP contribution in [0.25, 0.3) is 22.1 Å². The predicted octanol–water partition coefficient (Wildman–Crippen LogP) is 3.11. The van der Waals surface area contributed by atoms with Crippen LogP contribution in [-0.2, 0) is 13.7 Å². The Labute approximate surface area is 136 Å². The van der Waals surface area contributed by atoms with Gasteiger partial charge in [0.25, 0.3) is 0 Å². The number of hydrogen-bond donors (Lipinski definition) is 1. The molecule has 122 valence electrons. The topological polar surface area (TPSA) is 67.3 Å². The third-order valence-corrected chi connectivity index (χ3v) is 4.03. The van der Waals surface area contributed by atoms with E-state index in [1.807, 2.05) is 11.6 Å². The number of fused-ring (bicyclic) bond motifs is 2. The fourth-order valence-corrected chi connectivity index (χ4v) is 2.75. The first-order valence-corrected chi connectivity index (χ1v) is 7.43. The third kappa shape index (κ3) is 2.21. The molecule has 0 unspecified atom stereocenters. The number of benzene rings is 2. The van der Waals surface area contributed by atoms with Crippen LogP contribution >= 0.6 is 0 Å². The maximum absolute atomic E-state index is 13.4. The van der Waals surface area contributed by atoms with Gasteiger partial charge < -0.3 is 14.1 Å². The van der Waals surface area contributed by atoms with Gasteiger partial charge in [0.15, 0.2) is 5.58 Å². The normalized spacial score (nSPS) is 11.5. The van der Waals surface area contributed by atoms with Gasteiger partial charge in [-0.15, -0.1) is 0 Å². The molecule has 0 bridgehead atoms. The number of oxazole rings is 1. The largest absolute Gasteiger partial charge is 0.423 e. The molecular formula is C17H15FN4O2. The molecule has 0 spiro atoms. The van der Waals surface area contributed by atoms with Gasteiger partial charge in [0.1, 0.15) is 11.3 Å². The molecule has 0 amide bonds. The zero-order chi connectivity index (χ0) is 16.8. The average Bonchev–Trinajstić information content (AvgIpc) is 3.14. The molecule has 0 fully saturated rings. The number of aryl methyl sites for hydroxylation is 1. The molecule has 2 aromatic heterocycles. The number of aliphatic hydroxyl groups excluding tert-OH is 1. The second-order valence-electron chi connectivity index (χ2n) is 5.62. The van der Waals surface area contributed by atoms with Crippen molar-refractivity contribution in [1.29, 1.82) is 0 Å². The Kier molecular flexibility index (Phi) is 3.24. The van der Waals surface area contributed by atoms with Crippen molar-refractivity contribution in [2.24, 2.45) is 7.05 Å². The molecule has 0 atom stereocenters. The fourth-order valence-electron chi connectivity index (χ4n) is 2.75. The maximum Gasteiger partial charge on any atom is 0.305 e. The molecule has 0 saturated carbocycles. The van der Waals surface area contributed by atoms with E-state index in [4.69, 9.17) is 4.42 Å². The van der Waals surface area contributed by atoms with Gasteiger partial charge in [-0.2, -0.15) is 4.98 Å².